The second kappa shape index (κ2) is 7.85. The van der Waals surface area contributed by atoms with E-state index >= 15 is 0 Å². The van der Waals surface area contributed by atoms with E-state index in [0.717, 1.165) is 48.5 Å². The summed E-state index contributed by atoms with van der Waals surface area (Å²) in [4.78, 5) is 2.51. The molecule has 2 aromatic carbocycles. The Morgan fingerprint density at radius 1 is 1.23 bits per heavy atom. The van der Waals surface area contributed by atoms with Crippen LogP contribution in [-0.4, -0.2) is 41.5 Å². The smallest absolute Gasteiger partial charge is 0.139 e. The summed E-state index contributed by atoms with van der Waals surface area (Å²) in [6.07, 6.45) is 2.40. The van der Waals surface area contributed by atoms with Crippen LogP contribution in [0.1, 0.15) is 24.0 Å². The molecule has 0 aliphatic carbocycles. The fourth-order valence-electron chi connectivity index (χ4n) is 3.65. The molecule has 0 bridgehead atoms. The van der Waals surface area contributed by atoms with Gasteiger partial charge in [-0.2, -0.15) is 0 Å². The van der Waals surface area contributed by atoms with Crippen molar-refractivity contribution >= 4 is 11.0 Å². The number of benzene rings is 2. The molecule has 1 aromatic heterocycles. The lowest BCUT2D eigenvalue weighted by molar-refractivity contribution is 0.182. The standard InChI is InChI=1S/C20H24N4O2/c1-25-18-8-2-5-15(11-18)13-24-10-4-7-17(14-24)21-12-16-6-3-9-19-20(16)23-26-22-19/h2-3,5-6,8-9,11,17,21H,4,7,10,12-14H2,1H3/t17-/m0/s1. The number of fused-ring (bicyclic) bond motifs is 1. The van der Waals surface area contributed by atoms with Gasteiger partial charge in [0.15, 0.2) is 0 Å². The van der Waals surface area contributed by atoms with Crippen LogP contribution in [0.4, 0.5) is 0 Å². The Hall–Kier alpha value is -2.44. The summed E-state index contributed by atoms with van der Waals surface area (Å²) < 4.78 is 10.2. The van der Waals surface area contributed by atoms with Gasteiger partial charge in [0.25, 0.3) is 0 Å². The van der Waals surface area contributed by atoms with Gasteiger partial charge in [-0.25, -0.2) is 4.63 Å². The van der Waals surface area contributed by atoms with Crippen molar-refractivity contribution in [2.24, 2.45) is 0 Å². The molecule has 6 heteroatoms. The van der Waals surface area contributed by atoms with Gasteiger partial charge in [-0.3, -0.25) is 4.90 Å². The summed E-state index contributed by atoms with van der Waals surface area (Å²) in [5.41, 5.74) is 4.09. The van der Waals surface area contributed by atoms with E-state index in [1.807, 2.05) is 18.2 Å². The van der Waals surface area contributed by atoms with Crippen LogP contribution in [0.15, 0.2) is 47.1 Å². The maximum Gasteiger partial charge on any atom is 0.139 e. The van der Waals surface area contributed by atoms with E-state index < -0.39 is 0 Å². The number of methoxy groups -OCH3 is 1. The first-order valence-corrected chi connectivity index (χ1v) is 9.10. The molecule has 1 aliphatic rings. The van der Waals surface area contributed by atoms with Crippen molar-refractivity contribution in [2.45, 2.75) is 32.0 Å². The van der Waals surface area contributed by atoms with Crippen molar-refractivity contribution in [1.29, 1.82) is 0 Å². The highest BCUT2D eigenvalue weighted by molar-refractivity contribution is 5.76. The van der Waals surface area contributed by atoms with E-state index in [1.54, 1.807) is 7.11 Å². The van der Waals surface area contributed by atoms with Crippen LogP contribution in [-0.2, 0) is 13.1 Å². The first-order chi connectivity index (χ1) is 12.8. The normalized spacial score (nSPS) is 18.3. The predicted octanol–water partition coefficient (Wildman–Crippen LogP) is 2.99. The largest absolute Gasteiger partial charge is 0.497 e. The van der Waals surface area contributed by atoms with E-state index in [2.05, 4.69) is 44.8 Å². The molecule has 3 aromatic rings. The van der Waals surface area contributed by atoms with Crippen LogP contribution in [0.3, 0.4) is 0 Å². The minimum absolute atomic E-state index is 0.476. The topological polar surface area (TPSA) is 63.4 Å². The van der Waals surface area contributed by atoms with Crippen molar-refractivity contribution in [2.75, 3.05) is 20.2 Å². The lowest BCUT2D eigenvalue weighted by Crippen LogP contribution is -2.45. The Bertz CT molecular complexity index is 864. The molecule has 0 spiro atoms. The number of piperidine rings is 1. The molecule has 2 heterocycles. The number of ether oxygens (including phenoxy) is 1. The van der Waals surface area contributed by atoms with Gasteiger partial charge in [0.05, 0.1) is 7.11 Å². The first kappa shape index (κ1) is 17.0. The van der Waals surface area contributed by atoms with Gasteiger partial charge in [-0.05, 0) is 59.0 Å². The average molecular weight is 352 g/mol. The van der Waals surface area contributed by atoms with Gasteiger partial charge in [0, 0.05) is 25.7 Å². The fourth-order valence-corrected chi connectivity index (χ4v) is 3.65. The number of hydrogen-bond donors (Lipinski definition) is 1. The summed E-state index contributed by atoms with van der Waals surface area (Å²) >= 11 is 0. The molecule has 136 valence electrons. The number of nitrogens with zero attached hydrogens (tertiary/aromatic N) is 3. The molecule has 26 heavy (non-hydrogen) atoms. The van der Waals surface area contributed by atoms with Gasteiger partial charge in [-0.1, -0.05) is 24.3 Å². The number of nitrogens with one attached hydrogen (secondary N) is 1. The van der Waals surface area contributed by atoms with Crippen LogP contribution in [0, 0.1) is 0 Å². The first-order valence-electron chi connectivity index (χ1n) is 9.10. The third-order valence-corrected chi connectivity index (χ3v) is 5.00. The van der Waals surface area contributed by atoms with Crippen LogP contribution in [0.5, 0.6) is 5.75 Å². The van der Waals surface area contributed by atoms with E-state index in [9.17, 15) is 0 Å². The molecule has 0 saturated carbocycles. The fraction of sp³-hybridized carbons (Fsp3) is 0.400. The van der Waals surface area contributed by atoms with E-state index in [0.29, 0.717) is 6.04 Å². The average Bonchev–Trinajstić information content (AvgIpc) is 3.16. The Morgan fingerprint density at radius 3 is 3.08 bits per heavy atom. The summed E-state index contributed by atoms with van der Waals surface area (Å²) in [6.45, 7) is 3.92. The third-order valence-electron chi connectivity index (χ3n) is 5.00. The molecule has 1 saturated heterocycles. The molecular weight excluding hydrogens is 328 g/mol. The molecule has 1 aliphatic heterocycles. The van der Waals surface area contributed by atoms with E-state index in [1.165, 1.54) is 18.4 Å². The van der Waals surface area contributed by atoms with Crippen molar-refractivity contribution in [3.63, 3.8) is 0 Å². The zero-order valence-electron chi connectivity index (χ0n) is 15.0. The molecule has 6 nitrogen and oxygen atoms in total. The van der Waals surface area contributed by atoms with Gasteiger partial charge in [0.1, 0.15) is 16.8 Å². The van der Waals surface area contributed by atoms with Gasteiger partial charge in [0.2, 0.25) is 0 Å². The predicted molar refractivity (Wildman–Crippen MR) is 99.9 cm³/mol. The molecule has 1 atom stereocenters. The van der Waals surface area contributed by atoms with Gasteiger partial charge in [-0.15, -0.1) is 0 Å². The molecule has 1 fully saturated rings. The minimum atomic E-state index is 0.476. The van der Waals surface area contributed by atoms with E-state index in [4.69, 9.17) is 9.37 Å². The SMILES string of the molecule is COc1cccc(CN2CCC[C@H](NCc3cccc4nonc34)C2)c1. The monoisotopic (exact) mass is 352 g/mol. The number of rotatable bonds is 6. The summed E-state index contributed by atoms with van der Waals surface area (Å²) in [5, 5.41) is 11.6. The van der Waals surface area contributed by atoms with Crippen molar-refractivity contribution in [3.05, 3.63) is 53.6 Å². The third kappa shape index (κ3) is 3.86. The Labute approximate surface area is 153 Å². The van der Waals surface area contributed by atoms with Crippen molar-refractivity contribution in [3.8, 4) is 5.75 Å². The maximum atomic E-state index is 5.33. The van der Waals surface area contributed by atoms with Gasteiger partial charge < -0.3 is 10.1 Å². The molecule has 1 N–H and O–H groups in total. The quantitative estimate of drug-likeness (QED) is 0.736. The van der Waals surface area contributed by atoms with Crippen LogP contribution in [0.2, 0.25) is 0 Å². The molecular formula is C20H24N4O2. The molecule has 0 unspecified atom stereocenters. The minimum Gasteiger partial charge on any atom is -0.497 e. The summed E-state index contributed by atoms with van der Waals surface area (Å²) in [5.74, 6) is 0.920. The highest BCUT2D eigenvalue weighted by Crippen LogP contribution is 2.19. The molecule has 0 radical (unpaired) electrons. The summed E-state index contributed by atoms with van der Waals surface area (Å²) in [6, 6.07) is 14.8. The number of hydrogen-bond acceptors (Lipinski definition) is 6. The molecule has 4 rings (SSSR count). The second-order valence-corrected chi connectivity index (χ2v) is 6.86. The maximum absolute atomic E-state index is 5.33. The number of aromatic nitrogens is 2. The van der Waals surface area contributed by atoms with Crippen molar-refractivity contribution in [1.82, 2.24) is 20.5 Å². The lowest BCUT2D eigenvalue weighted by Gasteiger charge is -2.33. The lowest BCUT2D eigenvalue weighted by atomic mass is 10.0. The van der Waals surface area contributed by atoms with E-state index in [-0.39, 0.29) is 0 Å². The zero-order chi connectivity index (χ0) is 17.8. The van der Waals surface area contributed by atoms with Crippen LogP contribution >= 0.6 is 0 Å². The Kier molecular flexibility index (Phi) is 5.13. The number of likely N-dealkylation sites (tertiary alicyclic amines) is 1. The Morgan fingerprint density at radius 2 is 2.15 bits per heavy atom. The zero-order valence-corrected chi connectivity index (χ0v) is 15.0. The summed E-state index contributed by atoms with van der Waals surface area (Å²) in [7, 11) is 1.71. The highest BCUT2D eigenvalue weighted by atomic mass is 16.6. The van der Waals surface area contributed by atoms with Crippen molar-refractivity contribution < 1.29 is 9.37 Å². The Balaban J connectivity index is 1.35. The second-order valence-electron chi connectivity index (χ2n) is 6.86. The highest BCUT2D eigenvalue weighted by Gasteiger charge is 2.20. The van der Waals surface area contributed by atoms with Gasteiger partial charge >= 0.3 is 0 Å². The molecule has 0 amide bonds. The van der Waals surface area contributed by atoms with Crippen LogP contribution in [0.25, 0.3) is 11.0 Å². The van der Waals surface area contributed by atoms with Crippen LogP contribution < -0.4 is 10.1 Å².